The van der Waals surface area contributed by atoms with Crippen LogP contribution < -0.4 is 10.1 Å². The molecule has 1 amide bonds. The zero-order valence-corrected chi connectivity index (χ0v) is 23.4. The first-order valence-corrected chi connectivity index (χ1v) is 14.2. The van der Waals surface area contributed by atoms with E-state index in [2.05, 4.69) is 21.2 Å². The Morgan fingerprint density at radius 2 is 1.75 bits per heavy atom. The average Bonchev–Trinajstić information content (AvgIpc) is 3.80. The van der Waals surface area contributed by atoms with E-state index in [1.807, 2.05) is 59.5 Å². The fourth-order valence-electron chi connectivity index (χ4n) is 4.73. The minimum atomic E-state index is -1.32. The molecule has 3 aromatic rings. The predicted octanol–water partition coefficient (Wildman–Crippen LogP) is 7.03. The molecule has 1 atom stereocenters. The minimum Gasteiger partial charge on any atom is -0.488 e. The maximum Gasteiger partial charge on any atom is 0.410 e. The molecule has 9 heteroatoms. The highest BCUT2D eigenvalue weighted by Crippen LogP contribution is 2.32. The summed E-state index contributed by atoms with van der Waals surface area (Å²) in [6.07, 6.45) is 4.37. The maximum atomic E-state index is 13.8. The summed E-state index contributed by atoms with van der Waals surface area (Å²) in [6.45, 7) is 1.74. The molecule has 1 aliphatic carbocycles. The van der Waals surface area contributed by atoms with Crippen LogP contribution in [0.25, 0.3) is 5.57 Å². The van der Waals surface area contributed by atoms with E-state index in [9.17, 15) is 18.0 Å². The fraction of sp³-hybridized carbons (Fsp3) is 0.323. The van der Waals surface area contributed by atoms with E-state index in [-0.39, 0.29) is 18.7 Å². The number of ether oxygens (including phenoxy) is 2. The van der Waals surface area contributed by atoms with Crippen LogP contribution in [0.5, 0.6) is 5.75 Å². The second-order valence-electron chi connectivity index (χ2n) is 9.96. The second kappa shape index (κ2) is 12.9. The molecule has 0 spiro atoms. The number of benzene rings is 3. The van der Waals surface area contributed by atoms with Crippen molar-refractivity contribution >= 4 is 27.6 Å². The standard InChI is InChI=1S/C31H30BrF3N2O3/c32-25-6-2-1-5-22(25)19-37(23-11-12-23)31(38)40-28-18-36-16-15-24(28)21-9-7-20(8-10-21)4-3-17-39-30-27(34)14-13-26(33)29(30)35/h1-2,5-10,13-15,23,28,36H,3-4,11-12,16-19H2. The number of aryl methyl sites for hydroxylation is 1. The summed E-state index contributed by atoms with van der Waals surface area (Å²) in [7, 11) is 0. The highest BCUT2D eigenvalue weighted by molar-refractivity contribution is 9.10. The van der Waals surface area contributed by atoms with E-state index in [1.165, 1.54) is 0 Å². The van der Waals surface area contributed by atoms with E-state index < -0.39 is 29.3 Å². The van der Waals surface area contributed by atoms with Crippen molar-refractivity contribution in [2.24, 2.45) is 0 Å². The largest absolute Gasteiger partial charge is 0.488 e. The summed E-state index contributed by atoms with van der Waals surface area (Å²) in [4.78, 5) is 15.1. The Hall–Kier alpha value is -3.30. The molecule has 1 saturated carbocycles. The van der Waals surface area contributed by atoms with E-state index in [0.29, 0.717) is 32.5 Å². The van der Waals surface area contributed by atoms with Crippen LogP contribution in [0, 0.1) is 17.5 Å². The molecule has 40 heavy (non-hydrogen) atoms. The molecule has 0 saturated heterocycles. The van der Waals surface area contributed by atoms with Gasteiger partial charge in [0.05, 0.1) is 13.2 Å². The molecular weight excluding hydrogens is 585 g/mol. The van der Waals surface area contributed by atoms with Crippen molar-refractivity contribution < 1.29 is 27.4 Å². The van der Waals surface area contributed by atoms with Crippen molar-refractivity contribution in [3.8, 4) is 5.75 Å². The lowest BCUT2D eigenvalue weighted by Crippen LogP contribution is -2.41. The van der Waals surface area contributed by atoms with Crippen LogP contribution in [0.2, 0.25) is 0 Å². The van der Waals surface area contributed by atoms with Gasteiger partial charge in [0, 0.05) is 23.6 Å². The van der Waals surface area contributed by atoms with Crippen molar-refractivity contribution in [1.29, 1.82) is 0 Å². The van der Waals surface area contributed by atoms with Crippen LogP contribution in [0.15, 0.2) is 71.2 Å². The van der Waals surface area contributed by atoms with Gasteiger partial charge >= 0.3 is 6.09 Å². The number of carbonyl (C=O) groups excluding carboxylic acids is 1. The number of hydrogen-bond acceptors (Lipinski definition) is 4. The van der Waals surface area contributed by atoms with Gasteiger partial charge in [-0.25, -0.2) is 13.6 Å². The zero-order chi connectivity index (χ0) is 28.1. The van der Waals surface area contributed by atoms with Crippen LogP contribution in [0.3, 0.4) is 0 Å². The Balaban J connectivity index is 1.18. The normalized spacial score (nSPS) is 16.8. The molecular formula is C31H30BrF3N2O3. The summed E-state index contributed by atoms with van der Waals surface area (Å²) >= 11 is 3.58. The molecule has 2 aliphatic rings. The monoisotopic (exact) mass is 614 g/mol. The first-order chi connectivity index (χ1) is 19.4. The van der Waals surface area contributed by atoms with Crippen LogP contribution in [0.4, 0.5) is 18.0 Å². The van der Waals surface area contributed by atoms with E-state index in [1.54, 1.807) is 0 Å². The smallest absolute Gasteiger partial charge is 0.410 e. The molecule has 1 N–H and O–H groups in total. The van der Waals surface area contributed by atoms with Gasteiger partial charge in [-0.1, -0.05) is 64.5 Å². The van der Waals surface area contributed by atoms with E-state index >= 15 is 0 Å². The van der Waals surface area contributed by atoms with Gasteiger partial charge in [-0.2, -0.15) is 4.39 Å². The van der Waals surface area contributed by atoms with Gasteiger partial charge in [-0.15, -0.1) is 0 Å². The molecule has 210 valence electrons. The Kier molecular flexibility index (Phi) is 9.11. The summed E-state index contributed by atoms with van der Waals surface area (Å²) in [5.74, 6) is -4.08. The van der Waals surface area contributed by atoms with Gasteiger partial charge in [-0.3, -0.25) is 0 Å². The van der Waals surface area contributed by atoms with Crippen LogP contribution in [-0.2, 0) is 17.7 Å². The highest BCUT2D eigenvalue weighted by atomic mass is 79.9. The molecule has 1 fully saturated rings. The number of amides is 1. The summed E-state index contributed by atoms with van der Waals surface area (Å²) in [5, 5.41) is 3.28. The van der Waals surface area contributed by atoms with Crippen molar-refractivity contribution in [2.75, 3.05) is 19.7 Å². The van der Waals surface area contributed by atoms with Crippen LogP contribution in [0.1, 0.15) is 36.0 Å². The van der Waals surface area contributed by atoms with E-state index in [0.717, 1.165) is 51.7 Å². The minimum absolute atomic E-state index is 0.0466. The Bertz CT molecular complexity index is 1380. The van der Waals surface area contributed by atoms with Gasteiger partial charge in [0.1, 0.15) is 6.10 Å². The number of hydrogen-bond donors (Lipinski definition) is 1. The zero-order valence-electron chi connectivity index (χ0n) is 21.8. The lowest BCUT2D eigenvalue weighted by Gasteiger charge is -2.29. The SMILES string of the molecule is O=C(OC1CNCC=C1c1ccc(CCCOc2c(F)ccc(F)c2F)cc1)N(Cc1ccccc1Br)C1CC1. The molecule has 0 radical (unpaired) electrons. The third-order valence-electron chi connectivity index (χ3n) is 7.05. The van der Waals surface area contributed by atoms with Crippen LogP contribution >= 0.6 is 15.9 Å². The molecule has 1 heterocycles. The highest BCUT2D eigenvalue weighted by Gasteiger charge is 2.36. The fourth-order valence-corrected chi connectivity index (χ4v) is 5.14. The third kappa shape index (κ3) is 6.88. The van der Waals surface area contributed by atoms with Gasteiger partial charge in [0.25, 0.3) is 0 Å². The summed E-state index contributed by atoms with van der Waals surface area (Å²) in [5.41, 5.74) is 3.97. The lowest BCUT2D eigenvalue weighted by atomic mass is 9.96. The summed E-state index contributed by atoms with van der Waals surface area (Å²) in [6, 6.07) is 17.6. The number of halogens is 4. The Labute approximate surface area is 240 Å². The second-order valence-corrected chi connectivity index (χ2v) is 10.8. The third-order valence-corrected chi connectivity index (χ3v) is 7.83. The van der Waals surface area contributed by atoms with E-state index in [4.69, 9.17) is 9.47 Å². The number of rotatable bonds is 10. The topological polar surface area (TPSA) is 50.8 Å². The number of nitrogens with one attached hydrogen (secondary N) is 1. The summed E-state index contributed by atoms with van der Waals surface area (Å²) < 4.78 is 53.0. The lowest BCUT2D eigenvalue weighted by molar-refractivity contribution is 0.0773. The van der Waals surface area contributed by atoms with Crippen molar-refractivity contribution in [3.63, 3.8) is 0 Å². The molecule has 1 unspecified atom stereocenters. The molecule has 5 nitrogen and oxygen atoms in total. The number of nitrogens with zero attached hydrogens (tertiary/aromatic N) is 1. The van der Waals surface area contributed by atoms with Gasteiger partial charge < -0.3 is 19.7 Å². The first kappa shape index (κ1) is 28.2. The van der Waals surface area contributed by atoms with Gasteiger partial charge in [0.15, 0.2) is 17.4 Å². The molecule has 0 bridgehead atoms. The van der Waals surface area contributed by atoms with Gasteiger partial charge in [0.2, 0.25) is 5.82 Å². The van der Waals surface area contributed by atoms with Crippen molar-refractivity contribution in [3.05, 3.63) is 105 Å². The molecule has 5 rings (SSSR count). The van der Waals surface area contributed by atoms with Gasteiger partial charge in [-0.05, 0) is 66.1 Å². The molecule has 1 aliphatic heterocycles. The first-order valence-electron chi connectivity index (χ1n) is 13.4. The van der Waals surface area contributed by atoms with Crippen molar-refractivity contribution in [1.82, 2.24) is 10.2 Å². The number of carbonyl (C=O) groups is 1. The quantitative estimate of drug-likeness (QED) is 0.197. The molecule has 0 aromatic heterocycles. The molecule has 3 aromatic carbocycles. The van der Waals surface area contributed by atoms with Crippen LogP contribution in [-0.4, -0.2) is 42.8 Å². The average molecular weight is 615 g/mol. The van der Waals surface area contributed by atoms with Crippen molar-refractivity contribution in [2.45, 2.75) is 44.4 Å². The Morgan fingerprint density at radius 1 is 1.00 bits per heavy atom. The predicted molar refractivity (Wildman–Crippen MR) is 150 cm³/mol. The maximum absolute atomic E-state index is 13.8. The Morgan fingerprint density at radius 3 is 2.50 bits per heavy atom.